The fourth-order valence-electron chi connectivity index (χ4n) is 0.774. The summed E-state index contributed by atoms with van der Waals surface area (Å²) >= 11 is 0. The van der Waals surface area contributed by atoms with Crippen molar-refractivity contribution in [3.05, 3.63) is 24.3 Å². The fraction of sp³-hybridized carbons (Fsp3) is 0.444. The van der Waals surface area contributed by atoms with Crippen LogP contribution in [0.5, 0.6) is 0 Å². The zero-order chi connectivity index (χ0) is 10.3. The monoisotopic (exact) mass is 190 g/mol. The lowest BCUT2D eigenvalue weighted by Gasteiger charge is -2.09. The van der Waals surface area contributed by atoms with Crippen LogP contribution in [0, 0.1) is 0 Å². The van der Waals surface area contributed by atoms with E-state index in [0.717, 1.165) is 0 Å². The van der Waals surface area contributed by atoms with Crippen molar-refractivity contribution in [1.82, 2.24) is 0 Å². The van der Waals surface area contributed by atoms with Crippen LogP contribution >= 0.6 is 0 Å². The van der Waals surface area contributed by atoms with Crippen LogP contribution in [0.15, 0.2) is 24.3 Å². The molecule has 13 heavy (non-hydrogen) atoms. The van der Waals surface area contributed by atoms with Gasteiger partial charge in [0.1, 0.15) is 6.10 Å². The van der Waals surface area contributed by atoms with E-state index in [0.29, 0.717) is 6.08 Å². The molecule has 0 aromatic rings. The first-order valence-corrected chi connectivity index (χ1v) is 3.87. The van der Waals surface area contributed by atoms with Crippen molar-refractivity contribution >= 4 is 5.97 Å². The molecule has 0 N–H and O–H groups in total. The normalized spacial score (nSPS) is 12.6. The third kappa shape index (κ3) is 7.18. The second-order valence-corrected chi connectivity index (χ2v) is 2.41. The molecule has 0 saturated carbocycles. The average Bonchev–Trinajstić information content (AvgIpc) is 1.98. The minimum atomic E-state index is -1.84. The van der Waals surface area contributed by atoms with Gasteiger partial charge in [0.15, 0.2) is 0 Å². The quantitative estimate of drug-likeness (QED) is 0.503. The van der Waals surface area contributed by atoms with Crippen LogP contribution in [0.3, 0.4) is 0 Å². The van der Waals surface area contributed by atoms with E-state index in [1.165, 1.54) is 6.92 Å². The maximum absolute atomic E-state index is 11.8. The number of esters is 1. The summed E-state index contributed by atoms with van der Waals surface area (Å²) in [4.78, 5) is 10.5. The van der Waals surface area contributed by atoms with E-state index < -0.39 is 18.2 Å². The molecule has 74 valence electrons. The lowest BCUT2D eigenvalue weighted by atomic mass is 10.2. The predicted molar refractivity (Wildman–Crippen MR) is 45.3 cm³/mol. The zero-order valence-electron chi connectivity index (χ0n) is 7.59. The smallest absolute Gasteiger partial charge is 0.303 e. The minimum Gasteiger partial charge on any atom is -0.458 e. The van der Waals surface area contributed by atoms with Crippen LogP contribution in [-0.4, -0.2) is 12.1 Å². The van der Waals surface area contributed by atoms with E-state index in [2.05, 4.69) is 4.74 Å². The summed E-state index contributed by atoms with van der Waals surface area (Å²) in [7, 11) is 0. The summed E-state index contributed by atoms with van der Waals surface area (Å²) in [5.74, 6) is -0.563. The van der Waals surface area contributed by atoms with E-state index in [9.17, 15) is 13.6 Å². The van der Waals surface area contributed by atoms with Crippen LogP contribution in [0.4, 0.5) is 8.78 Å². The first kappa shape index (κ1) is 11.8. The molecule has 1 atom stereocenters. The molecule has 4 heteroatoms. The number of allylic oxidation sites excluding steroid dienone is 1. The number of rotatable bonds is 4. The minimum absolute atomic E-state index is 0.271. The lowest BCUT2D eigenvalue weighted by molar-refractivity contribution is -0.144. The second-order valence-electron chi connectivity index (χ2n) is 2.41. The molecular formula is C9H12F2O2. The molecular weight excluding hydrogens is 178 g/mol. The predicted octanol–water partition coefficient (Wildman–Crippen LogP) is 2.66. The SMILES string of the molecule is C/C=C/CC(C=C(F)F)OC(C)=O. The molecule has 1 unspecified atom stereocenters. The highest BCUT2D eigenvalue weighted by atomic mass is 19.3. The molecule has 0 bridgehead atoms. The number of carbonyl (C=O) groups excluding carboxylic acids is 1. The first-order chi connectivity index (χ1) is 6.06. The van der Waals surface area contributed by atoms with Gasteiger partial charge in [-0.05, 0) is 6.92 Å². The van der Waals surface area contributed by atoms with E-state index in [1.807, 2.05) is 0 Å². The van der Waals surface area contributed by atoms with Gasteiger partial charge in [0.25, 0.3) is 6.08 Å². The Morgan fingerprint density at radius 3 is 2.54 bits per heavy atom. The molecule has 0 radical (unpaired) electrons. The Morgan fingerprint density at radius 2 is 2.15 bits per heavy atom. The third-order valence-corrected chi connectivity index (χ3v) is 1.23. The Morgan fingerprint density at radius 1 is 1.54 bits per heavy atom. The fourth-order valence-corrected chi connectivity index (χ4v) is 0.774. The molecule has 2 nitrogen and oxygen atoms in total. The van der Waals surface area contributed by atoms with Crippen LogP contribution < -0.4 is 0 Å². The topological polar surface area (TPSA) is 26.3 Å². The van der Waals surface area contributed by atoms with Gasteiger partial charge in [-0.2, -0.15) is 8.78 Å². The van der Waals surface area contributed by atoms with Crippen LogP contribution in [-0.2, 0) is 9.53 Å². The molecule has 0 aliphatic rings. The Bertz CT molecular complexity index is 218. The molecule has 0 rings (SSSR count). The van der Waals surface area contributed by atoms with E-state index in [4.69, 9.17) is 0 Å². The molecule has 0 saturated heterocycles. The van der Waals surface area contributed by atoms with Crippen molar-refractivity contribution in [3.63, 3.8) is 0 Å². The molecule has 0 amide bonds. The second kappa shape index (κ2) is 6.34. The highest BCUT2D eigenvalue weighted by molar-refractivity contribution is 5.66. The van der Waals surface area contributed by atoms with Gasteiger partial charge in [-0.25, -0.2) is 0 Å². The Balaban J connectivity index is 4.19. The van der Waals surface area contributed by atoms with E-state index in [1.54, 1.807) is 19.1 Å². The van der Waals surface area contributed by atoms with Gasteiger partial charge >= 0.3 is 5.97 Å². The van der Waals surface area contributed by atoms with Crippen LogP contribution in [0.25, 0.3) is 0 Å². The summed E-state index contributed by atoms with van der Waals surface area (Å²) in [5, 5.41) is 0. The van der Waals surface area contributed by atoms with Gasteiger partial charge in [-0.3, -0.25) is 4.79 Å². The third-order valence-electron chi connectivity index (χ3n) is 1.23. The average molecular weight is 190 g/mol. The number of hydrogen-bond acceptors (Lipinski definition) is 2. The molecule has 0 heterocycles. The molecule has 0 aliphatic heterocycles. The summed E-state index contributed by atoms with van der Waals surface area (Å²) < 4.78 is 28.2. The maximum Gasteiger partial charge on any atom is 0.303 e. The van der Waals surface area contributed by atoms with Crippen molar-refractivity contribution in [3.8, 4) is 0 Å². The largest absolute Gasteiger partial charge is 0.458 e. The first-order valence-electron chi connectivity index (χ1n) is 3.87. The number of ether oxygens (including phenoxy) is 1. The van der Waals surface area contributed by atoms with Gasteiger partial charge in [0.05, 0.1) is 0 Å². The summed E-state index contributed by atoms with van der Waals surface area (Å²) in [6.07, 6.45) is 1.57. The standard InChI is InChI=1S/C9H12F2O2/c1-3-4-5-8(6-9(10)11)13-7(2)12/h3-4,6,8H,5H2,1-2H3/b4-3+. The van der Waals surface area contributed by atoms with Gasteiger partial charge in [-0.15, -0.1) is 0 Å². The van der Waals surface area contributed by atoms with Crippen molar-refractivity contribution in [2.75, 3.05) is 0 Å². The van der Waals surface area contributed by atoms with Gasteiger partial charge in [-0.1, -0.05) is 12.2 Å². The molecule has 0 spiro atoms. The van der Waals surface area contributed by atoms with Crippen molar-refractivity contribution in [1.29, 1.82) is 0 Å². The summed E-state index contributed by atoms with van der Waals surface area (Å²) in [6, 6.07) is 0. The number of carbonyl (C=O) groups is 1. The van der Waals surface area contributed by atoms with E-state index >= 15 is 0 Å². The van der Waals surface area contributed by atoms with Crippen LogP contribution in [0.2, 0.25) is 0 Å². The maximum atomic E-state index is 11.8. The highest BCUT2D eigenvalue weighted by Crippen LogP contribution is 2.08. The van der Waals surface area contributed by atoms with Crippen molar-refractivity contribution < 1.29 is 18.3 Å². The Hall–Kier alpha value is -1.19. The number of hydrogen-bond donors (Lipinski definition) is 0. The molecule has 0 aromatic heterocycles. The summed E-state index contributed by atoms with van der Waals surface area (Å²) in [6.45, 7) is 2.95. The Kier molecular flexibility index (Phi) is 5.76. The zero-order valence-corrected chi connectivity index (χ0v) is 7.59. The Labute approximate surface area is 75.9 Å². The lowest BCUT2D eigenvalue weighted by Crippen LogP contribution is -2.12. The van der Waals surface area contributed by atoms with Gasteiger partial charge in [0, 0.05) is 19.4 Å². The van der Waals surface area contributed by atoms with Gasteiger partial charge < -0.3 is 4.74 Å². The number of halogens is 2. The van der Waals surface area contributed by atoms with E-state index in [-0.39, 0.29) is 6.42 Å². The molecule has 0 fully saturated rings. The molecule has 0 aromatic carbocycles. The summed E-state index contributed by atoms with van der Waals surface area (Å²) in [5.41, 5.74) is 0. The highest BCUT2D eigenvalue weighted by Gasteiger charge is 2.08. The van der Waals surface area contributed by atoms with Crippen LogP contribution in [0.1, 0.15) is 20.3 Å². The van der Waals surface area contributed by atoms with Gasteiger partial charge in [0.2, 0.25) is 0 Å². The van der Waals surface area contributed by atoms with Crippen molar-refractivity contribution in [2.24, 2.45) is 0 Å². The molecule has 0 aliphatic carbocycles. The van der Waals surface area contributed by atoms with Crippen molar-refractivity contribution in [2.45, 2.75) is 26.4 Å².